The second-order valence-corrected chi connectivity index (χ2v) is 23.1. The Morgan fingerprint density at radius 3 is 0.877 bits per heavy atom. The third kappa shape index (κ3) is 53.4. The summed E-state index contributed by atoms with van der Waals surface area (Å²) in [4.78, 5) is 0. The fraction of sp³-hybridized carbons (Fsp3) is 0.857. The van der Waals surface area contributed by atoms with Gasteiger partial charge in [0.1, 0.15) is 6.10 Å². The molecule has 0 spiro atoms. The molecule has 3 nitrogen and oxygen atoms in total. The molecule has 0 aromatic heterocycles. The average molecular weight is 1010 g/mol. The van der Waals surface area contributed by atoms with Crippen LogP contribution in [-0.4, -0.2) is 32.5 Å². The standard InChI is InChI=1S/C70H124O3/c1-2-4-6-8-10-12-14-16-18-20-22-24-26-28-30-32-34-36-38-40-42-44-46-48-50-52-54-56-61-65-73-70(68-72-66-69-62-58-57-59-63-69)67-71-64-60-55-53-51-49-47-45-43-41-39-37-35-33-31-29-27-25-23-21-19-17-15-13-11-9-7-5-3-1/h57-59,62-63,70H,5-56,60-61,64-68H2. The Kier molecular flexibility index (Phi) is 54.8. The SMILES string of the molecule is C1#CCCCCCCCCCCCCCCCCCCCCCCCCCCCCOCC(COCc2ccccc2)OCCCCCCCCCCCCCCCCCCCCCCCCCCCCC#C1. The van der Waals surface area contributed by atoms with Crippen molar-refractivity contribution in [2.24, 2.45) is 0 Å². The van der Waals surface area contributed by atoms with Crippen molar-refractivity contribution < 1.29 is 14.2 Å². The molecule has 1 heterocycles. The van der Waals surface area contributed by atoms with E-state index in [1.165, 1.54) is 327 Å². The zero-order chi connectivity index (χ0) is 51.4. The third-order valence-electron chi connectivity index (χ3n) is 15.8. The summed E-state index contributed by atoms with van der Waals surface area (Å²) in [6.45, 7) is 3.54. The van der Waals surface area contributed by atoms with Crippen LogP contribution in [0.15, 0.2) is 30.3 Å². The van der Waals surface area contributed by atoms with Crippen molar-refractivity contribution >= 4 is 0 Å². The zero-order valence-electron chi connectivity index (χ0n) is 48.9. The van der Waals surface area contributed by atoms with Crippen LogP contribution < -0.4 is 0 Å². The van der Waals surface area contributed by atoms with E-state index in [0.29, 0.717) is 19.8 Å². The van der Waals surface area contributed by atoms with E-state index in [1.54, 1.807) is 0 Å². The topological polar surface area (TPSA) is 27.7 Å². The van der Waals surface area contributed by atoms with E-state index < -0.39 is 0 Å². The summed E-state index contributed by atoms with van der Waals surface area (Å²) in [5.74, 6) is 12.8. The lowest BCUT2D eigenvalue weighted by Crippen LogP contribution is -2.26. The first-order valence-corrected chi connectivity index (χ1v) is 33.2. The van der Waals surface area contributed by atoms with Crippen LogP contribution in [0.5, 0.6) is 0 Å². The van der Waals surface area contributed by atoms with E-state index in [0.717, 1.165) is 38.9 Å². The molecule has 1 aliphatic heterocycles. The number of rotatable bonds is 4. The van der Waals surface area contributed by atoms with Gasteiger partial charge in [-0.3, -0.25) is 0 Å². The first-order valence-electron chi connectivity index (χ1n) is 33.2. The number of hydrogen-bond donors (Lipinski definition) is 0. The minimum atomic E-state index is 0.0215. The first kappa shape index (κ1) is 67.3. The van der Waals surface area contributed by atoms with Gasteiger partial charge in [0.15, 0.2) is 0 Å². The summed E-state index contributed by atoms with van der Waals surface area (Å²) in [7, 11) is 0. The second kappa shape index (κ2) is 59.5. The summed E-state index contributed by atoms with van der Waals surface area (Å²) in [6.07, 6.45) is 75.3. The number of benzene rings is 1. The molecule has 0 fully saturated rings. The normalized spacial score (nSPS) is 22.6. The molecule has 0 saturated heterocycles. The molecule has 0 saturated carbocycles. The molecule has 0 bridgehead atoms. The van der Waals surface area contributed by atoms with E-state index in [9.17, 15) is 0 Å². The van der Waals surface area contributed by atoms with Crippen LogP contribution in [-0.2, 0) is 20.8 Å². The van der Waals surface area contributed by atoms with E-state index >= 15 is 0 Å². The third-order valence-corrected chi connectivity index (χ3v) is 15.8. The Balaban J connectivity index is 1.53. The highest BCUT2D eigenvalue weighted by Gasteiger charge is 2.11. The van der Waals surface area contributed by atoms with Crippen molar-refractivity contribution in [2.75, 3.05) is 26.4 Å². The summed E-state index contributed by atoms with van der Waals surface area (Å²) in [5, 5.41) is 0. The smallest absolute Gasteiger partial charge is 0.104 e. The Labute approximate surface area is 457 Å². The highest BCUT2D eigenvalue weighted by atomic mass is 16.6. The molecule has 0 aliphatic carbocycles. The molecule has 0 radical (unpaired) electrons. The molecular formula is C70H124O3. The molecule has 1 aromatic carbocycles. The van der Waals surface area contributed by atoms with Crippen LogP contribution >= 0.6 is 0 Å². The maximum atomic E-state index is 6.35. The van der Waals surface area contributed by atoms with Crippen molar-refractivity contribution in [1.29, 1.82) is 0 Å². The van der Waals surface area contributed by atoms with Gasteiger partial charge in [0.2, 0.25) is 0 Å². The Morgan fingerprint density at radius 2 is 0.575 bits per heavy atom. The molecule has 1 unspecified atom stereocenters. The molecule has 73 heavy (non-hydrogen) atoms. The van der Waals surface area contributed by atoms with Gasteiger partial charge in [0.25, 0.3) is 0 Å². The van der Waals surface area contributed by atoms with Crippen LogP contribution in [0.4, 0.5) is 0 Å². The maximum Gasteiger partial charge on any atom is 0.104 e. The van der Waals surface area contributed by atoms with E-state index in [4.69, 9.17) is 14.2 Å². The molecule has 2 rings (SSSR count). The largest absolute Gasteiger partial charge is 0.379 e. The van der Waals surface area contributed by atoms with Crippen molar-refractivity contribution in [3.63, 3.8) is 0 Å². The zero-order valence-corrected chi connectivity index (χ0v) is 48.9. The van der Waals surface area contributed by atoms with Gasteiger partial charge in [-0.1, -0.05) is 350 Å². The predicted molar refractivity (Wildman–Crippen MR) is 322 cm³/mol. The molecule has 1 aliphatic rings. The second-order valence-electron chi connectivity index (χ2n) is 23.1. The van der Waals surface area contributed by atoms with Crippen LogP contribution in [0.25, 0.3) is 0 Å². The van der Waals surface area contributed by atoms with Crippen LogP contribution in [0.3, 0.4) is 0 Å². The van der Waals surface area contributed by atoms with Gasteiger partial charge in [-0.2, -0.15) is 0 Å². The van der Waals surface area contributed by atoms with Gasteiger partial charge in [0, 0.05) is 26.1 Å². The number of hydrogen-bond acceptors (Lipinski definition) is 3. The van der Waals surface area contributed by atoms with Gasteiger partial charge < -0.3 is 14.2 Å². The molecule has 3 heteroatoms. The lowest BCUT2D eigenvalue weighted by molar-refractivity contribution is -0.0645. The van der Waals surface area contributed by atoms with Crippen molar-refractivity contribution in [2.45, 2.75) is 359 Å². The van der Waals surface area contributed by atoms with Gasteiger partial charge >= 0.3 is 0 Å². The molecule has 1 atom stereocenters. The fourth-order valence-corrected chi connectivity index (χ4v) is 10.9. The highest BCUT2D eigenvalue weighted by Crippen LogP contribution is 2.19. The van der Waals surface area contributed by atoms with E-state index in [2.05, 4.69) is 54.0 Å². The Hall–Kier alpha value is -1.78. The molecule has 0 N–H and O–H groups in total. The lowest BCUT2D eigenvalue weighted by atomic mass is 10.0. The highest BCUT2D eigenvalue weighted by molar-refractivity contribution is 5.25. The Bertz CT molecular complexity index is 1320. The fourth-order valence-electron chi connectivity index (χ4n) is 10.9. The molecule has 1 aromatic rings. The Morgan fingerprint density at radius 1 is 0.315 bits per heavy atom. The van der Waals surface area contributed by atoms with Gasteiger partial charge in [0.05, 0.1) is 19.8 Å². The molecular weight excluding hydrogens is 889 g/mol. The van der Waals surface area contributed by atoms with Crippen molar-refractivity contribution in [1.82, 2.24) is 0 Å². The predicted octanol–water partition coefficient (Wildman–Crippen LogP) is 22.7. The monoisotopic (exact) mass is 1010 g/mol. The lowest BCUT2D eigenvalue weighted by Gasteiger charge is -2.18. The summed E-state index contributed by atoms with van der Waals surface area (Å²) < 4.78 is 18.6. The average Bonchev–Trinajstić information content (AvgIpc) is 3.41. The van der Waals surface area contributed by atoms with Crippen LogP contribution in [0.1, 0.15) is 352 Å². The quantitative estimate of drug-likeness (QED) is 0.281. The van der Waals surface area contributed by atoms with Gasteiger partial charge in [-0.25, -0.2) is 0 Å². The molecule has 0 amide bonds. The first-order chi connectivity index (χ1) is 36.4. The summed E-state index contributed by atoms with van der Waals surface area (Å²) in [5.41, 5.74) is 1.22. The maximum absolute atomic E-state index is 6.35. The number of ether oxygens (including phenoxy) is 3. The van der Waals surface area contributed by atoms with Gasteiger partial charge in [-0.15, -0.1) is 0 Å². The minimum absolute atomic E-state index is 0.0215. The summed E-state index contributed by atoms with van der Waals surface area (Å²) >= 11 is 0. The van der Waals surface area contributed by atoms with Gasteiger partial charge in [-0.05, 0) is 43.1 Å². The van der Waals surface area contributed by atoms with Crippen LogP contribution in [0, 0.1) is 23.7 Å². The molecule has 422 valence electrons. The minimum Gasteiger partial charge on any atom is -0.379 e. The summed E-state index contributed by atoms with van der Waals surface area (Å²) in [6, 6.07) is 10.5. The van der Waals surface area contributed by atoms with E-state index in [1.807, 2.05) is 0 Å². The van der Waals surface area contributed by atoms with E-state index in [-0.39, 0.29) is 6.10 Å². The van der Waals surface area contributed by atoms with Crippen LogP contribution in [0.2, 0.25) is 0 Å². The van der Waals surface area contributed by atoms with Crippen molar-refractivity contribution in [3.8, 4) is 23.7 Å². The van der Waals surface area contributed by atoms with Crippen molar-refractivity contribution in [3.05, 3.63) is 35.9 Å².